The third-order valence-corrected chi connectivity index (χ3v) is 8.22. The molecule has 10 nitrogen and oxygen atoms in total. The molecule has 1 N–H and O–H groups in total. The number of aromatic amines is 1. The number of amides is 2. The average molecular weight is 567 g/mol. The van der Waals surface area contributed by atoms with Gasteiger partial charge in [-0.2, -0.15) is 0 Å². The standard InChI is InChI=1S/C31H42N4O6/c1-19-7-10-21-22(15-19)40-31(11-13-34(14-12-31)27(36)38-17-20-8-9-20)25-24(21)32-26(33-25)23-16-35(18-30(5,6)39-23)28(37)41-29(2,3)4/h7,10,15,20,23H,8-9,11-14,16-18H2,1-6H3,(H,32,33). The van der Waals surface area contributed by atoms with Crippen molar-refractivity contribution >= 4 is 12.2 Å². The van der Waals surface area contributed by atoms with Gasteiger partial charge in [0, 0.05) is 31.5 Å². The van der Waals surface area contributed by atoms with Crippen molar-refractivity contribution in [3.05, 3.63) is 35.3 Å². The first kappa shape index (κ1) is 27.9. The van der Waals surface area contributed by atoms with Gasteiger partial charge in [0.15, 0.2) is 5.60 Å². The Kier molecular flexibility index (Phi) is 6.75. The van der Waals surface area contributed by atoms with Gasteiger partial charge in [0.2, 0.25) is 0 Å². The molecule has 4 heterocycles. The van der Waals surface area contributed by atoms with Crippen molar-refractivity contribution in [2.24, 2.45) is 5.92 Å². The van der Waals surface area contributed by atoms with E-state index in [4.69, 9.17) is 23.9 Å². The molecule has 1 spiro atoms. The lowest BCUT2D eigenvalue weighted by molar-refractivity contribution is -0.138. The maximum atomic E-state index is 13.0. The van der Waals surface area contributed by atoms with Gasteiger partial charge >= 0.3 is 12.2 Å². The Balaban J connectivity index is 1.29. The lowest BCUT2D eigenvalue weighted by atomic mass is 9.83. The Labute approximate surface area is 241 Å². The van der Waals surface area contributed by atoms with Crippen LogP contribution < -0.4 is 4.74 Å². The fraction of sp³-hybridized carbons (Fsp3) is 0.645. The molecule has 1 saturated carbocycles. The summed E-state index contributed by atoms with van der Waals surface area (Å²) in [4.78, 5) is 37.9. The number of fused-ring (bicyclic) bond motifs is 4. The molecule has 2 saturated heterocycles. The molecule has 6 rings (SSSR count). The monoisotopic (exact) mass is 566 g/mol. The number of rotatable bonds is 3. The number of aryl methyl sites for hydroxylation is 1. The number of imidazole rings is 1. The highest BCUT2D eigenvalue weighted by Gasteiger charge is 2.48. The van der Waals surface area contributed by atoms with Crippen LogP contribution >= 0.6 is 0 Å². The van der Waals surface area contributed by atoms with Gasteiger partial charge in [-0.25, -0.2) is 14.6 Å². The number of nitrogens with zero attached hydrogens (tertiary/aromatic N) is 3. The highest BCUT2D eigenvalue weighted by atomic mass is 16.6. The van der Waals surface area contributed by atoms with Crippen molar-refractivity contribution in [2.45, 2.75) is 90.1 Å². The molecule has 1 unspecified atom stereocenters. The van der Waals surface area contributed by atoms with Crippen molar-refractivity contribution in [3.63, 3.8) is 0 Å². The number of morpholine rings is 1. The number of aromatic nitrogens is 2. The summed E-state index contributed by atoms with van der Waals surface area (Å²) in [6.07, 6.45) is 2.42. The predicted molar refractivity (Wildman–Crippen MR) is 152 cm³/mol. The van der Waals surface area contributed by atoms with E-state index in [1.165, 1.54) is 0 Å². The van der Waals surface area contributed by atoms with Crippen LogP contribution in [0.5, 0.6) is 5.75 Å². The Morgan fingerprint density at radius 1 is 1.12 bits per heavy atom. The van der Waals surface area contributed by atoms with Gasteiger partial charge in [-0.3, -0.25) is 0 Å². The number of hydrogen-bond donors (Lipinski definition) is 1. The summed E-state index contributed by atoms with van der Waals surface area (Å²) >= 11 is 0. The van der Waals surface area contributed by atoms with E-state index in [-0.39, 0.29) is 12.2 Å². The first-order chi connectivity index (χ1) is 19.3. The topological polar surface area (TPSA) is 106 Å². The van der Waals surface area contributed by atoms with Gasteiger partial charge in [0.05, 0.1) is 36.7 Å². The van der Waals surface area contributed by atoms with Gasteiger partial charge < -0.3 is 33.7 Å². The molecule has 4 aliphatic rings. The van der Waals surface area contributed by atoms with Crippen LogP contribution in [0, 0.1) is 12.8 Å². The number of carbonyl (C=O) groups excluding carboxylic acids is 2. The summed E-state index contributed by atoms with van der Waals surface area (Å²) in [7, 11) is 0. The first-order valence-electron chi connectivity index (χ1n) is 14.8. The third kappa shape index (κ3) is 5.76. The minimum Gasteiger partial charge on any atom is -0.480 e. The second-order valence-corrected chi connectivity index (χ2v) is 13.7. The van der Waals surface area contributed by atoms with Crippen molar-refractivity contribution in [2.75, 3.05) is 32.8 Å². The zero-order valence-electron chi connectivity index (χ0n) is 25.0. The minimum atomic E-state index is -0.663. The molecule has 222 valence electrons. The number of ether oxygens (including phenoxy) is 4. The van der Waals surface area contributed by atoms with Crippen LogP contribution in [0.1, 0.15) is 83.5 Å². The van der Waals surface area contributed by atoms with E-state index in [2.05, 4.69) is 17.1 Å². The highest BCUT2D eigenvalue weighted by molar-refractivity contribution is 5.74. The number of nitrogens with one attached hydrogen (secondary N) is 1. The quantitative estimate of drug-likeness (QED) is 0.508. The third-order valence-electron chi connectivity index (χ3n) is 8.22. The van der Waals surface area contributed by atoms with E-state index in [0.29, 0.717) is 57.4 Å². The lowest BCUT2D eigenvalue weighted by Gasteiger charge is -2.43. The highest BCUT2D eigenvalue weighted by Crippen LogP contribution is 2.49. The molecule has 1 aromatic heterocycles. The number of hydrogen-bond acceptors (Lipinski definition) is 7. The number of benzene rings is 1. The summed E-state index contributed by atoms with van der Waals surface area (Å²) in [5, 5.41) is 0. The van der Waals surface area contributed by atoms with Gasteiger partial charge in [0.25, 0.3) is 0 Å². The van der Waals surface area contributed by atoms with Crippen LogP contribution in [0.2, 0.25) is 0 Å². The number of piperidine rings is 1. The molecule has 2 amide bonds. The first-order valence-corrected chi connectivity index (χ1v) is 14.8. The molecule has 1 aromatic carbocycles. The van der Waals surface area contributed by atoms with E-state index in [9.17, 15) is 9.59 Å². The molecular formula is C31H42N4O6. The largest absolute Gasteiger partial charge is 0.480 e. The van der Waals surface area contributed by atoms with Crippen LogP contribution in [0.25, 0.3) is 11.3 Å². The molecule has 0 radical (unpaired) electrons. The zero-order valence-corrected chi connectivity index (χ0v) is 25.0. The number of H-pyrrole nitrogens is 1. The smallest absolute Gasteiger partial charge is 0.410 e. The van der Waals surface area contributed by atoms with Crippen LogP contribution in [-0.4, -0.2) is 75.9 Å². The van der Waals surface area contributed by atoms with Gasteiger partial charge in [-0.1, -0.05) is 6.07 Å². The molecular weight excluding hydrogens is 524 g/mol. The molecule has 1 atom stereocenters. The van der Waals surface area contributed by atoms with Gasteiger partial charge in [-0.15, -0.1) is 0 Å². The summed E-state index contributed by atoms with van der Waals surface area (Å²) in [6, 6.07) is 6.15. The van der Waals surface area contributed by atoms with Crippen molar-refractivity contribution in [1.82, 2.24) is 19.8 Å². The molecule has 0 bridgehead atoms. The molecule has 3 fully saturated rings. The number of carbonyl (C=O) groups is 2. The Morgan fingerprint density at radius 2 is 1.85 bits per heavy atom. The second-order valence-electron chi connectivity index (χ2n) is 13.7. The van der Waals surface area contributed by atoms with Crippen LogP contribution in [0.3, 0.4) is 0 Å². The van der Waals surface area contributed by atoms with E-state index < -0.39 is 22.9 Å². The van der Waals surface area contributed by atoms with Crippen molar-refractivity contribution in [3.8, 4) is 17.0 Å². The zero-order chi connectivity index (χ0) is 29.2. The molecule has 2 aromatic rings. The minimum absolute atomic E-state index is 0.246. The fourth-order valence-electron chi connectivity index (χ4n) is 6.00. The lowest BCUT2D eigenvalue weighted by Crippen LogP contribution is -2.53. The van der Waals surface area contributed by atoms with E-state index in [1.807, 2.05) is 47.6 Å². The number of likely N-dealkylation sites (tertiary alicyclic amines) is 1. The summed E-state index contributed by atoms with van der Waals surface area (Å²) in [6.45, 7) is 13.9. The Bertz CT molecular complexity index is 1330. The van der Waals surface area contributed by atoms with Gasteiger partial charge in [-0.05, 0) is 78.0 Å². The van der Waals surface area contributed by atoms with Crippen molar-refractivity contribution in [1.29, 1.82) is 0 Å². The normalized spacial score (nSPS) is 22.9. The van der Waals surface area contributed by atoms with Crippen LogP contribution in [0.15, 0.2) is 18.2 Å². The Morgan fingerprint density at radius 3 is 2.54 bits per heavy atom. The average Bonchev–Trinajstić information content (AvgIpc) is 3.60. The van der Waals surface area contributed by atoms with Crippen LogP contribution in [-0.2, 0) is 19.8 Å². The van der Waals surface area contributed by atoms with Gasteiger partial charge in [0.1, 0.15) is 23.3 Å². The maximum absolute atomic E-state index is 13.0. The molecule has 41 heavy (non-hydrogen) atoms. The summed E-state index contributed by atoms with van der Waals surface area (Å²) in [5.74, 6) is 1.97. The second kappa shape index (κ2) is 9.93. The van der Waals surface area contributed by atoms with E-state index >= 15 is 0 Å². The van der Waals surface area contributed by atoms with Crippen LogP contribution in [0.4, 0.5) is 9.59 Å². The molecule has 1 aliphatic carbocycles. The summed E-state index contributed by atoms with van der Waals surface area (Å²) < 4.78 is 24.5. The molecule has 3 aliphatic heterocycles. The fourth-order valence-corrected chi connectivity index (χ4v) is 6.00. The van der Waals surface area contributed by atoms with E-state index in [1.54, 1.807) is 9.80 Å². The summed E-state index contributed by atoms with van der Waals surface area (Å²) in [5.41, 5.74) is 1.90. The predicted octanol–water partition coefficient (Wildman–Crippen LogP) is 5.70. The molecule has 10 heteroatoms. The maximum Gasteiger partial charge on any atom is 0.410 e. The van der Waals surface area contributed by atoms with E-state index in [0.717, 1.165) is 41.1 Å². The SMILES string of the molecule is Cc1ccc2c(c1)OC1(CCN(C(=O)OCC3CC3)CC1)c1[nH]c(C3CN(C(=O)OC(C)(C)C)CC(C)(C)O3)nc1-2. The Hall–Kier alpha value is -3.27. The van der Waals surface area contributed by atoms with Crippen molar-refractivity contribution < 1.29 is 28.5 Å².